The molecule has 0 amide bonds. The van der Waals surface area contributed by atoms with Crippen molar-refractivity contribution in [1.29, 1.82) is 0 Å². The normalized spacial score (nSPS) is 15.1. The fourth-order valence-electron chi connectivity index (χ4n) is 1.62. The summed E-state index contributed by atoms with van der Waals surface area (Å²) in [5, 5.41) is 3.08. The Bertz CT molecular complexity index is 456. The van der Waals surface area contributed by atoms with Crippen LogP contribution in [0, 0.1) is 5.82 Å². The number of halogens is 2. The van der Waals surface area contributed by atoms with E-state index in [1.165, 1.54) is 6.07 Å². The van der Waals surface area contributed by atoms with Gasteiger partial charge in [-0.2, -0.15) is 0 Å². The summed E-state index contributed by atoms with van der Waals surface area (Å²) in [6.45, 7) is 0.407. The lowest BCUT2D eigenvalue weighted by Gasteiger charge is -2.08. The van der Waals surface area contributed by atoms with Gasteiger partial charge in [-0.1, -0.05) is 15.9 Å². The molecule has 16 heavy (non-hydrogen) atoms. The molecular weight excluding hydrogens is 273 g/mol. The molecule has 1 aromatic rings. The predicted octanol–water partition coefficient (Wildman–Crippen LogP) is 2.92. The first kappa shape index (κ1) is 11.3. The molecule has 4 heteroatoms. The summed E-state index contributed by atoms with van der Waals surface area (Å²) in [5.74, 6) is -0.0992. The van der Waals surface area contributed by atoms with Crippen molar-refractivity contribution in [1.82, 2.24) is 5.32 Å². The van der Waals surface area contributed by atoms with Crippen molar-refractivity contribution in [3.63, 3.8) is 0 Å². The van der Waals surface area contributed by atoms with Gasteiger partial charge in [-0.3, -0.25) is 4.79 Å². The zero-order valence-corrected chi connectivity index (χ0v) is 10.2. The van der Waals surface area contributed by atoms with E-state index in [1.54, 1.807) is 18.2 Å². The van der Waals surface area contributed by atoms with Gasteiger partial charge in [0.1, 0.15) is 5.82 Å². The SMILES string of the molecule is O=C1C=C(NCc2cc(Br)ccc2F)CC1. The number of nitrogens with one attached hydrogen (secondary N) is 1. The molecule has 0 aliphatic heterocycles. The largest absolute Gasteiger partial charge is 0.384 e. The molecule has 1 aromatic carbocycles. The number of carbonyl (C=O) groups excluding carboxylic acids is 1. The lowest BCUT2D eigenvalue weighted by atomic mass is 10.2. The van der Waals surface area contributed by atoms with Crippen molar-refractivity contribution in [2.24, 2.45) is 0 Å². The number of rotatable bonds is 3. The topological polar surface area (TPSA) is 29.1 Å². The maximum Gasteiger partial charge on any atom is 0.157 e. The van der Waals surface area contributed by atoms with Crippen LogP contribution >= 0.6 is 15.9 Å². The van der Waals surface area contributed by atoms with Crippen LogP contribution in [0.25, 0.3) is 0 Å². The van der Waals surface area contributed by atoms with E-state index < -0.39 is 0 Å². The molecule has 0 saturated carbocycles. The van der Waals surface area contributed by atoms with Crippen molar-refractivity contribution in [3.8, 4) is 0 Å². The van der Waals surface area contributed by atoms with Gasteiger partial charge in [-0.25, -0.2) is 4.39 Å². The molecule has 0 unspecified atom stereocenters. The van der Waals surface area contributed by atoms with E-state index in [-0.39, 0.29) is 11.6 Å². The van der Waals surface area contributed by atoms with Crippen LogP contribution in [-0.4, -0.2) is 5.78 Å². The van der Waals surface area contributed by atoms with Crippen LogP contribution in [0.3, 0.4) is 0 Å². The van der Waals surface area contributed by atoms with E-state index in [9.17, 15) is 9.18 Å². The highest BCUT2D eigenvalue weighted by molar-refractivity contribution is 9.10. The standard InChI is InChI=1S/C12H11BrFNO/c13-9-1-4-12(14)8(5-9)7-15-10-2-3-11(16)6-10/h1,4-6,15H,2-3,7H2. The van der Waals surface area contributed by atoms with E-state index >= 15 is 0 Å². The van der Waals surface area contributed by atoms with Gasteiger partial charge in [-0.05, 0) is 24.6 Å². The number of benzene rings is 1. The molecule has 0 heterocycles. The van der Waals surface area contributed by atoms with Crippen LogP contribution in [0.1, 0.15) is 18.4 Å². The van der Waals surface area contributed by atoms with Crippen molar-refractivity contribution < 1.29 is 9.18 Å². The predicted molar refractivity (Wildman–Crippen MR) is 63.3 cm³/mol. The molecule has 0 fully saturated rings. The summed E-state index contributed by atoms with van der Waals surface area (Å²) in [6.07, 6.45) is 2.88. The molecule has 0 spiro atoms. The third kappa shape index (κ3) is 2.70. The van der Waals surface area contributed by atoms with Crippen LogP contribution in [0.15, 0.2) is 34.4 Å². The minimum atomic E-state index is -0.236. The first-order valence-electron chi connectivity index (χ1n) is 5.06. The third-order valence-electron chi connectivity index (χ3n) is 2.49. The summed E-state index contributed by atoms with van der Waals surface area (Å²) >= 11 is 3.30. The van der Waals surface area contributed by atoms with E-state index in [4.69, 9.17) is 0 Å². The van der Waals surface area contributed by atoms with Crippen molar-refractivity contribution >= 4 is 21.7 Å². The van der Waals surface area contributed by atoms with Gasteiger partial charge in [0.15, 0.2) is 5.78 Å². The highest BCUT2D eigenvalue weighted by atomic mass is 79.9. The molecule has 1 N–H and O–H groups in total. The molecule has 0 radical (unpaired) electrons. The monoisotopic (exact) mass is 283 g/mol. The average molecular weight is 284 g/mol. The van der Waals surface area contributed by atoms with Crippen LogP contribution in [0.4, 0.5) is 4.39 Å². The summed E-state index contributed by atoms with van der Waals surface area (Å²) in [5.41, 5.74) is 1.49. The molecule has 0 aromatic heterocycles. The Morgan fingerprint density at radius 1 is 1.38 bits per heavy atom. The molecule has 2 nitrogen and oxygen atoms in total. The highest BCUT2D eigenvalue weighted by Gasteiger charge is 2.11. The number of ketones is 1. The Morgan fingerprint density at radius 3 is 2.88 bits per heavy atom. The molecule has 0 atom stereocenters. The Morgan fingerprint density at radius 2 is 2.19 bits per heavy atom. The molecular formula is C12H11BrFNO. The second-order valence-corrected chi connectivity index (χ2v) is 4.64. The highest BCUT2D eigenvalue weighted by Crippen LogP contribution is 2.17. The number of allylic oxidation sites excluding steroid dienone is 2. The Labute approximate surface area is 102 Å². The van der Waals surface area contributed by atoms with Crippen LogP contribution in [-0.2, 0) is 11.3 Å². The van der Waals surface area contributed by atoms with Gasteiger partial charge in [0.25, 0.3) is 0 Å². The summed E-state index contributed by atoms with van der Waals surface area (Å²) < 4.78 is 14.2. The van der Waals surface area contributed by atoms with Gasteiger partial charge in [0.05, 0.1) is 0 Å². The maximum atomic E-state index is 13.4. The molecule has 0 saturated heterocycles. The second kappa shape index (κ2) is 4.78. The second-order valence-electron chi connectivity index (χ2n) is 3.73. The van der Waals surface area contributed by atoms with Gasteiger partial charge in [0, 0.05) is 34.8 Å². The zero-order valence-electron chi connectivity index (χ0n) is 8.59. The minimum absolute atomic E-state index is 0.136. The van der Waals surface area contributed by atoms with Gasteiger partial charge < -0.3 is 5.32 Å². The summed E-state index contributed by atoms with van der Waals surface area (Å²) in [6, 6.07) is 4.83. The zero-order chi connectivity index (χ0) is 11.5. The summed E-state index contributed by atoms with van der Waals surface area (Å²) in [7, 11) is 0. The van der Waals surface area contributed by atoms with Crippen LogP contribution < -0.4 is 5.32 Å². The Kier molecular flexibility index (Phi) is 3.39. The molecule has 1 aliphatic rings. The first-order chi connectivity index (χ1) is 7.65. The van der Waals surface area contributed by atoms with Crippen molar-refractivity contribution in [2.45, 2.75) is 19.4 Å². The number of hydrogen-bond acceptors (Lipinski definition) is 2. The van der Waals surface area contributed by atoms with Crippen molar-refractivity contribution in [3.05, 3.63) is 45.8 Å². The first-order valence-corrected chi connectivity index (χ1v) is 5.85. The van der Waals surface area contributed by atoms with Gasteiger partial charge in [0.2, 0.25) is 0 Å². The smallest absolute Gasteiger partial charge is 0.157 e. The minimum Gasteiger partial charge on any atom is -0.384 e. The fourth-order valence-corrected chi connectivity index (χ4v) is 2.03. The number of hydrogen-bond donors (Lipinski definition) is 1. The van der Waals surface area contributed by atoms with Crippen LogP contribution in [0.5, 0.6) is 0 Å². The fraction of sp³-hybridized carbons (Fsp3) is 0.250. The van der Waals surface area contributed by atoms with Crippen molar-refractivity contribution in [2.75, 3.05) is 0 Å². The average Bonchev–Trinajstić information content (AvgIpc) is 2.66. The van der Waals surface area contributed by atoms with Gasteiger partial charge in [-0.15, -0.1) is 0 Å². The quantitative estimate of drug-likeness (QED) is 0.924. The molecule has 84 valence electrons. The third-order valence-corrected chi connectivity index (χ3v) is 2.98. The maximum absolute atomic E-state index is 13.4. The Hall–Kier alpha value is -1.16. The van der Waals surface area contributed by atoms with Crippen LogP contribution in [0.2, 0.25) is 0 Å². The lowest BCUT2D eigenvalue weighted by Crippen LogP contribution is -2.12. The molecule has 1 aliphatic carbocycles. The molecule has 2 rings (SSSR count). The van der Waals surface area contributed by atoms with E-state index in [0.29, 0.717) is 18.5 Å². The number of carbonyl (C=O) groups is 1. The Balaban J connectivity index is 2.02. The lowest BCUT2D eigenvalue weighted by molar-refractivity contribution is -0.114. The van der Waals surface area contributed by atoms with Gasteiger partial charge >= 0.3 is 0 Å². The van der Waals surface area contributed by atoms with E-state index in [1.807, 2.05) is 0 Å². The van der Waals surface area contributed by atoms with E-state index in [2.05, 4.69) is 21.2 Å². The molecule has 0 bridgehead atoms. The summed E-state index contributed by atoms with van der Waals surface area (Å²) in [4.78, 5) is 11.0. The van der Waals surface area contributed by atoms with E-state index in [0.717, 1.165) is 16.6 Å².